The number of hydrogen-bond donors (Lipinski definition) is 2. The first-order valence-electron chi connectivity index (χ1n) is 6.90. The molecule has 0 aromatic rings. The van der Waals surface area contributed by atoms with Crippen molar-refractivity contribution in [2.75, 3.05) is 33.4 Å². The van der Waals surface area contributed by atoms with Crippen LogP contribution in [0, 0.1) is 0 Å². The number of ether oxygens (including phenoxy) is 2. The summed E-state index contributed by atoms with van der Waals surface area (Å²) < 4.78 is 10.4. The van der Waals surface area contributed by atoms with Crippen LogP contribution < -0.4 is 11.1 Å². The van der Waals surface area contributed by atoms with Crippen molar-refractivity contribution in [2.24, 2.45) is 5.73 Å². The number of nitrogens with two attached hydrogens (primary N) is 1. The van der Waals surface area contributed by atoms with Crippen molar-refractivity contribution < 1.29 is 19.1 Å². The van der Waals surface area contributed by atoms with Crippen LogP contribution in [0.2, 0.25) is 0 Å². The lowest BCUT2D eigenvalue weighted by molar-refractivity contribution is -0.150. The van der Waals surface area contributed by atoms with Crippen molar-refractivity contribution in [2.45, 2.75) is 38.5 Å². The fourth-order valence-corrected chi connectivity index (χ4v) is 2.08. The Hall–Kier alpha value is -1.18. The van der Waals surface area contributed by atoms with Crippen LogP contribution in [0.15, 0.2) is 0 Å². The Morgan fingerprint density at radius 2 is 2.20 bits per heavy atom. The predicted molar refractivity (Wildman–Crippen MR) is 74.1 cm³/mol. The van der Waals surface area contributed by atoms with Gasteiger partial charge in [0.05, 0.1) is 25.7 Å². The molecule has 0 saturated carbocycles. The molecule has 1 fully saturated rings. The minimum Gasteiger partial charge on any atom is -0.380 e. The lowest BCUT2D eigenvalue weighted by Gasteiger charge is -2.35. The lowest BCUT2D eigenvalue weighted by Crippen LogP contribution is -2.57. The maximum Gasteiger partial charge on any atom is 0.245 e. The number of amides is 2. The van der Waals surface area contributed by atoms with E-state index in [2.05, 4.69) is 5.32 Å². The van der Waals surface area contributed by atoms with Gasteiger partial charge in [0.1, 0.15) is 6.04 Å². The number of carbonyl (C=O) groups excluding carboxylic acids is 2. The Labute approximate surface area is 119 Å². The summed E-state index contributed by atoms with van der Waals surface area (Å²) in [7, 11) is 1.52. The average molecular weight is 287 g/mol. The molecule has 3 N–H and O–H groups in total. The number of nitrogens with zero attached hydrogens (tertiary/aromatic N) is 1. The molecule has 2 amide bonds. The molecule has 1 aliphatic rings. The van der Waals surface area contributed by atoms with Gasteiger partial charge in [0, 0.05) is 26.2 Å². The molecule has 1 aliphatic heterocycles. The van der Waals surface area contributed by atoms with Crippen molar-refractivity contribution in [1.82, 2.24) is 10.2 Å². The maximum absolute atomic E-state index is 12.3. The largest absolute Gasteiger partial charge is 0.380 e. The van der Waals surface area contributed by atoms with Gasteiger partial charge in [0.15, 0.2) is 0 Å². The highest BCUT2D eigenvalue weighted by Gasteiger charge is 2.33. The molecule has 20 heavy (non-hydrogen) atoms. The number of hydrogen-bond acceptors (Lipinski definition) is 5. The number of morpholine rings is 1. The molecule has 0 aromatic carbocycles. The van der Waals surface area contributed by atoms with Crippen LogP contribution in [-0.2, 0) is 19.1 Å². The third-order valence-electron chi connectivity index (χ3n) is 3.18. The quantitative estimate of drug-likeness (QED) is 0.660. The zero-order chi connectivity index (χ0) is 15.1. The van der Waals surface area contributed by atoms with E-state index in [1.54, 1.807) is 4.90 Å². The average Bonchev–Trinajstić information content (AvgIpc) is 2.43. The summed E-state index contributed by atoms with van der Waals surface area (Å²) in [4.78, 5) is 25.9. The minimum absolute atomic E-state index is 0.0251. The molecule has 116 valence electrons. The summed E-state index contributed by atoms with van der Waals surface area (Å²) in [5.74, 6) is -0.315. The Kier molecular flexibility index (Phi) is 6.90. The van der Waals surface area contributed by atoms with E-state index in [-0.39, 0.29) is 43.5 Å². The minimum atomic E-state index is -0.575. The number of nitrogens with one attached hydrogen (secondary N) is 1. The van der Waals surface area contributed by atoms with Crippen molar-refractivity contribution in [3.8, 4) is 0 Å². The van der Waals surface area contributed by atoms with Crippen molar-refractivity contribution in [3.05, 3.63) is 0 Å². The fraction of sp³-hybridized carbons (Fsp3) is 0.846. The first-order valence-corrected chi connectivity index (χ1v) is 6.90. The highest BCUT2D eigenvalue weighted by atomic mass is 16.5. The second-order valence-electron chi connectivity index (χ2n) is 5.14. The highest BCUT2D eigenvalue weighted by Crippen LogP contribution is 2.11. The van der Waals surface area contributed by atoms with Gasteiger partial charge >= 0.3 is 0 Å². The first kappa shape index (κ1) is 16.9. The van der Waals surface area contributed by atoms with Crippen molar-refractivity contribution in [3.63, 3.8) is 0 Å². The third-order valence-corrected chi connectivity index (χ3v) is 3.18. The SMILES string of the molecule is COC(CN)CC(=O)N1CCOCC1C(=O)NC(C)C. The molecule has 1 saturated heterocycles. The normalized spacial score (nSPS) is 20.9. The second kappa shape index (κ2) is 8.18. The monoisotopic (exact) mass is 287 g/mol. The van der Waals surface area contributed by atoms with Crippen LogP contribution in [-0.4, -0.2) is 68.3 Å². The number of carbonyl (C=O) groups is 2. The van der Waals surface area contributed by atoms with Crippen LogP contribution >= 0.6 is 0 Å². The summed E-state index contributed by atoms with van der Waals surface area (Å²) in [6.07, 6.45) is -0.141. The summed E-state index contributed by atoms with van der Waals surface area (Å²) >= 11 is 0. The Balaban J connectivity index is 2.68. The topological polar surface area (TPSA) is 93.9 Å². The van der Waals surface area contributed by atoms with Gasteiger partial charge in [-0.1, -0.05) is 0 Å². The molecule has 0 aliphatic carbocycles. The predicted octanol–water partition coefficient (Wildman–Crippen LogP) is -0.898. The van der Waals surface area contributed by atoms with Gasteiger partial charge in [-0.15, -0.1) is 0 Å². The molecule has 1 rings (SSSR count). The van der Waals surface area contributed by atoms with Gasteiger partial charge in [-0.05, 0) is 13.8 Å². The molecule has 0 aromatic heterocycles. The van der Waals surface area contributed by atoms with Crippen LogP contribution in [0.25, 0.3) is 0 Å². The van der Waals surface area contributed by atoms with E-state index in [1.807, 2.05) is 13.8 Å². The van der Waals surface area contributed by atoms with E-state index in [0.29, 0.717) is 13.2 Å². The molecular weight excluding hydrogens is 262 g/mol. The van der Waals surface area contributed by atoms with Gasteiger partial charge < -0.3 is 25.4 Å². The molecular formula is C13H25N3O4. The molecule has 7 heteroatoms. The number of rotatable bonds is 6. The van der Waals surface area contributed by atoms with Gasteiger partial charge in [-0.25, -0.2) is 0 Å². The fourth-order valence-electron chi connectivity index (χ4n) is 2.08. The first-order chi connectivity index (χ1) is 9.49. The highest BCUT2D eigenvalue weighted by molar-refractivity contribution is 5.88. The van der Waals surface area contributed by atoms with E-state index < -0.39 is 6.04 Å². The lowest BCUT2D eigenvalue weighted by atomic mass is 10.1. The van der Waals surface area contributed by atoms with Gasteiger partial charge in [-0.2, -0.15) is 0 Å². The zero-order valence-electron chi connectivity index (χ0n) is 12.4. The Morgan fingerprint density at radius 1 is 1.50 bits per heavy atom. The van der Waals surface area contributed by atoms with Crippen LogP contribution in [0.3, 0.4) is 0 Å². The third kappa shape index (κ3) is 4.73. The summed E-state index contributed by atoms with van der Waals surface area (Å²) in [5, 5.41) is 2.81. The Morgan fingerprint density at radius 3 is 2.75 bits per heavy atom. The zero-order valence-corrected chi connectivity index (χ0v) is 12.4. The number of methoxy groups -OCH3 is 1. The van der Waals surface area contributed by atoms with Gasteiger partial charge in [-0.3, -0.25) is 9.59 Å². The smallest absolute Gasteiger partial charge is 0.245 e. The summed E-state index contributed by atoms with van der Waals surface area (Å²) in [6.45, 7) is 5.11. The molecule has 0 spiro atoms. The second-order valence-corrected chi connectivity index (χ2v) is 5.14. The van der Waals surface area contributed by atoms with Gasteiger partial charge in [0.2, 0.25) is 11.8 Å². The van der Waals surface area contributed by atoms with Crippen molar-refractivity contribution in [1.29, 1.82) is 0 Å². The van der Waals surface area contributed by atoms with E-state index in [4.69, 9.17) is 15.2 Å². The molecule has 0 bridgehead atoms. The van der Waals surface area contributed by atoms with E-state index in [9.17, 15) is 9.59 Å². The molecule has 2 atom stereocenters. The molecule has 2 unspecified atom stereocenters. The van der Waals surface area contributed by atoms with Gasteiger partial charge in [0.25, 0.3) is 0 Å². The van der Waals surface area contributed by atoms with E-state index >= 15 is 0 Å². The Bertz CT molecular complexity index is 332. The van der Waals surface area contributed by atoms with Crippen LogP contribution in [0.4, 0.5) is 0 Å². The molecule has 1 heterocycles. The molecule has 0 radical (unpaired) electrons. The summed E-state index contributed by atoms with van der Waals surface area (Å²) in [6, 6.07) is -0.550. The van der Waals surface area contributed by atoms with E-state index in [0.717, 1.165) is 0 Å². The maximum atomic E-state index is 12.3. The van der Waals surface area contributed by atoms with Crippen molar-refractivity contribution >= 4 is 11.8 Å². The van der Waals surface area contributed by atoms with Crippen LogP contribution in [0.1, 0.15) is 20.3 Å². The molecule has 7 nitrogen and oxygen atoms in total. The van der Waals surface area contributed by atoms with E-state index in [1.165, 1.54) is 7.11 Å². The summed E-state index contributed by atoms with van der Waals surface area (Å²) in [5.41, 5.74) is 5.52. The van der Waals surface area contributed by atoms with Crippen LogP contribution in [0.5, 0.6) is 0 Å². The standard InChI is InChI=1S/C13H25N3O4/c1-9(2)15-13(18)11-8-20-5-4-16(11)12(17)6-10(7-14)19-3/h9-11H,4-8,14H2,1-3H3,(H,15,18).